The number of carboxylic acid groups (broad SMARTS) is 1. The van der Waals surface area contributed by atoms with Gasteiger partial charge in [0.2, 0.25) is 0 Å². The van der Waals surface area contributed by atoms with Crippen LogP contribution in [0, 0.1) is 6.92 Å². The molecule has 7 heteroatoms. The van der Waals surface area contributed by atoms with Gasteiger partial charge in [-0.05, 0) is 18.9 Å². The molecule has 0 aliphatic carbocycles. The van der Waals surface area contributed by atoms with E-state index in [1.807, 2.05) is 13.1 Å². The first-order chi connectivity index (χ1) is 8.58. The lowest BCUT2D eigenvalue weighted by atomic mass is 10.3. The number of hydrogen-bond acceptors (Lipinski definition) is 3. The first-order valence-corrected chi connectivity index (χ1v) is 5.80. The van der Waals surface area contributed by atoms with Crippen molar-refractivity contribution in [3.8, 4) is 0 Å². The van der Waals surface area contributed by atoms with Gasteiger partial charge >= 0.3 is 12.0 Å². The molecule has 0 unspecified atom stereocenters. The van der Waals surface area contributed by atoms with E-state index in [-0.39, 0.29) is 12.5 Å². The zero-order valence-corrected chi connectivity index (χ0v) is 10.3. The molecule has 0 spiro atoms. The maximum Gasteiger partial charge on any atom is 0.314 e. The molecule has 3 N–H and O–H groups in total. The molecule has 0 bridgehead atoms. The van der Waals surface area contributed by atoms with E-state index in [0.29, 0.717) is 26.1 Å². The van der Waals surface area contributed by atoms with Gasteiger partial charge in [-0.2, -0.15) is 5.10 Å². The van der Waals surface area contributed by atoms with E-state index in [9.17, 15) is 9.59 Å². The Labute approximate surface area is 105 Å². The number of aryl methyl sites for hydroxylation is 1. The molecular formula is C11H18N4O3. The number of nitrogens with one attached hydrogen (secondary N) is 2. The zero-order valence-electron chi connectivity index (χ0n) is 10.3. The van der Waals surface area contributed by atoms with Crippen molar-refractivity contribution in [1.82, 2.24) is 20.4 Å². The molecule has 0 aliphatic heterocycles. The van der Waals surface area contributed by atoms with E-state index < -0.39 is 5.97 Å². The van der Waals surface area contributed by atoms with Crippen LogP contribution in [0.1, 0.15) is 18.4 Å². The summed E-state index contributed by atoms with van der Waals surface area (Å²) in [4.78, 5) is 21.5. The van der Waals surface area contributed by atoms with Gasteiger partial charge in [-0.25, -0.2) is 4.79 Å². The lowest BCUT2D eigenvalue weighted by Gasteiger charge is -2.07. The van der Waals surface area contributed by atoms with E-state index in [1.54, 1.807) is 10.9 Å². The first kappa shape index (κ1) is 14.0. The highest BCUT2D eigenvalue weighted by Gasteiger charge is 2.01. The smallest absolute Gasteiger partial charge is 0.314 e. The summed E-state index contributed by atoms with van der Waals surface area (Å²) in [5, 5.41) is 17.8. The normalized spacial score (nSPS) is 10.1. The van der Waals surface area contributed by atoms with Crippen molar-refractivity contribution in [2.45, 2.75) is 26.3 Å². The van der Waals surface area contributed by atoms with E-state index >= 15 is 0 Å². The summed E-state index contributed by atoms with van der Waals surface area (Å²) in [6.07, 6.45) is 4.15. The molecule has 1 heterocycles. The van der Waals surface area contributed by atoms with Crippen LogP contribution < -0.4 is 10.6 Å². The third-order valence-electron chi connectivity index (χ3n) is 2.24. The van der Waals surface area contributed by atoms with Gasteiger partial charge in [-0.1, -0.05) is 0 Å². The summed E-state index contributed by atoms with van der Waals surface area (Å²) in [5.41, 5.74) is 1.08. The van der Waals surface area contributed by atoms with Crippen molar-refractivity contribution >= 4 is 12.0 Å². The Morgan fingerprint density at radius 1 is 1.39 bits per heavy atom. The van der Waals surface area contributed by atoms with Crippen molar-refractivity contribution < 1.29 is 14.7 Å². The van der Waals surface area contributed by atoms with Gasteiger partial charge in [0.15, 0.2) is 0 Å². The second-order valence-electron chi connectivity index (χ2n) is 3.96. The minimum atomic E-state index is -0.855. The largest absolute Gasteiger partial charge is 0.481 e. The topological polar surface area (TPSA) is 96.3 Å². The number of aromatic nitrogens is 2. The highest BCUT2D eigenvalue weighted by Crippen LogP contribution is 1.92. The second-order valence-corrected chi connectivity index (χ2v) is 3.96. The van der Waals surface area contributed by atoms with Crippen LogP contribution in [0.5, 0.6) is 0 Å². The molecule has 0 aromatic carbocycles. The van der Waals surface area contributed by atoms with E-state index in [2.05, 4.69) is 15.7 Å². The standard InChI is InChI=1S/C11H18N4O3/c1-9-7-14-15(8-9)6-5-13-11(18)12-4-2-3-10(16)17/h7-8H,2-6H2,1H3,(H,16,17)(H2,12,13,18). The summed E-state index contributed by atoms with van der Waals surface area (Å²) < 4.78 is 1.75. The van der Waals surface area contributed by atoms with Gasteiger partial charge in [0.1, 0.15) is 0 Å². The van der Waals surface area contributed by atoms with Crippen LogP contribution in [0.4, 0.5) is 4.79 Å². The van der Waals surface area contributed by atoms with Crippen molar-refractivity contribution in [3.63, 3.8) is 0 Å². The van der Waals surface area contributed by atoms with E-state index in [4.69, 9.17) is 5.11 Å². The maximum atomic E-state index is 11.3. The molecule has 1 aromatic rings. The van der Waals surface area contributed by atoms with Crippen molar-refractivity contribution in [3.05, 3.63) is 18.0 Å². The zero-order chi connectivity index (χ0) is 13.4. The number of nitrogens with zero attached hydrogens (tertiary/aromatic N) is 2. The van der Waals surface area contributed by atoms with Crippen LogP contribution in [-0.4, -0.2) is 40.0 Å². The van der Waals surface area contributed by atoms with Crippen LogP contribution in [0.2, 0.25) is 0 Å². The molecule has 1 aromatic heterocycles. The lowest BCUT2D eigenvalue weighted by Crippen LogP contribution is -2.37. The second kappa shape index (κ2) is 7.31. The average Bonchev–Trinajstić information content (AvgIpc) is 2.70. The maximum absolute atomic E-state index is 11.3. The molecule has 1 rings (SSSR count). The number of amides is 2. The number of urea groups is 1. The predicted octanol–water partition coefficient (Wildman–Crippen LogP) is 0.356. The van der Waals surface area contributed by atoms with Gasteiger partial charge in [-0.15, -0.1) is 0 Å². The SMILES string of the molecule is Cc1cnn(CCNC(=O)NCCCC(=O)O)c1. The van der Waals surface area contributed by atoms with Crippen molar-refractivity contribution in [2.24, 2.45) is 0 Å². The molecule has 0 fully saturated rings. The Bertz CT molecular complexity index is 403. The molecular weight excluding hydrogens is 236 g/mol. The predicted molar refractivity (Wildman–Crippen MR) is 65.2 cm³/mol. The third-order valence-corrected chi connectivity index (χ3v) is 2.24. The quantitative estimate of drug-likeness (QED) is 0.612. The monoisotopic (exact) mass is 254 g/mol. The van der Waals surface area contributed by atoms with Gasteiger partial charge in [0, 0.05) is 25.7 Å². The minimum absolute atomic E-state index is 0.0623. The summed E-state index contributed by atoms with van der Waals surface area (Å²) in [5.74, 6) is -0.855. The van der Waals surface area contributed by atoms with Gasteiger partial charge in [-0.3, -0.25) is 9.48 Å². The molecule has 100 valence electrons. The van der Waals surface area contributed by atoms with Gasteiger partial charge in [0.05, 0.1) is 12.7 Å². The summed E-state index contributed by atoms with van der Waals surface area (Å²) in [6, 6.07) is -0.288. The lowest BCUT2D eigenvalue weighted by molar-refractivity contribution is -0.137. The number of carboxylic acids is 1. The number of carbonyl (C=O) groups is 2. The Balaban J connectivity index is 2.05. The number of aliphatic carboxylic acids is 1. The first-order valence-electron chi connectivity index (χ1n) is 5.80. The highest BCUT2D eigenvalue weighted by molar-refractivity contribution is 5.73. The van der Waals surface area contributed by atoms with Gasteiger partial charge < -0.3 is 15.7 Å². The van der Waals surface area contributed by atoms with Crippen LogP contribution in [0.25, 0.3) is 0 Å². The van der Waals surface area contributed by atoms with Crippen LogP contribution in [0.3, 0.4) is 0 Å². The summed E-state index contributed by atoms with van der Waals surface area (Å²) in [7, 11) is 0. The van der Waals surface area contributed by atoms with E-state index in [1.165, 1.54) is 0 Å². The van der Waals surface area contributed by atoms with Gasteiger partial charge in [0.25, 0.3) is 0 Å². The fourth-order valence-electron chi connectivity index (χ4n) is 1.38. The minimum Gasteiger partial charge on any atom is -0.481 e. The van der Waals surface area contributed by atoms with Crippen molar-refractivity contribution in [1.29, 1.82) is 0 Å². The summed E-state index contributed by atoms with van der Waals surface area (Å²) in [6.45, 7) is 3.40. The van der Waals surface area contributed by atoms with Crippen LogP contribution in [-0.2, 0) is 11.3 Å². The highest BCUT2D eigenvalue weighted by atomic mass is 16.4. The fourth-order valence-corrected chi connectivity index (χ4v) is 1.38. The van der Waals surface area contributed by atoms with Crippen molar-refractivity contribution in [2.75, 3.05) is 13.1 Å². The number of rotatable bonds is 7. The average molecular weight is 254 g/mol. The summed E-state index contributed by atoms with van der Waals surface area (Å²) >= 11 is 0. The molecule has 0 saturated heterocycles. The molecule has 0 atom stereocenters. The van der Waals surface area contributed by atoms with E-state index in [0.717, 1.165) is 5.56 Å². The fraction of sp³-hybridized carbons (Fsp3) is 0.545. The molecule has 0 saturated carbocycles. The molecule has 2 amide bonds. The molecule has 0 radical (unpaired) electrons. The number of carbonyl (C=O) groups excluding carboxylic acids is 1. The van der Waals surface area contributed by atoms with Crippen LogP contribution in [0.15, 0.2) is 12.4 Å². The third kappa shape index (κ3) is 5.88. The molecule has 0 aliphatic rings. The Hall–Kier alpha value is -2.05. The Morgan fingerprint density at radius 2 is 2.11 bits per heavy atom. The Kier molecular flexibility index (Phi) is 5.69. The molecule has 7 nitrogen and oxygen atoms in total. The van der Waals surface area contributed by atoms with Crippen LogP contribution >= 0.6 is 0 Å². The number of hydrogen-bond donors (Lipinski definition) is 3. The molecule has 18 heavy (non-hydrogen) atoms. The Morgan fingerprint density at radius 3 is 2.72 bits per heavy atom.